The van der Waals surface area contributed by atoms with Crippen molar-refractivity contribution >= 4 is 28.3 Å². The monoisotopic (exact) mass is 376 g/mol. The SMILES string of the molecule is CCOc1ccc(C(=O)Nc2ccc3ncnc(N4CCCCC4)c3c2)cc1. The number of nitrogens with one attached hydrogen (secondary N) is 1. The van der Waals surface area contributed by atoms with Crippen molar-refractivity contribution in [2.24, 2.45) is 0 Å². The molecule has 0 aliphatic carbocycles. The van der Waals surface area contributed by atoms with Gasteiger partial charge in [0.25, 0.3) is 5.91 Å². The van der Waals surface area contributed by atoms with Gasteiger partial charge in [-0.05, 0) is 68.7 Å². The first-order valence-corrected chi connectivity index (χ1v) is 9.78. The van der Waals surface area contributed by atoms with Gasteiger partial charge in [0.2, 0.25) is 0 Å². The molecule has 1 amide bonds. The van der Waals surface area contributed by atoms with E-state index in [1.54, 1.807) is 30.6 Å². The van der Waals surface area contributed by atoms with Crippen molar-refractivity contribution in [1.29, 1.82) is 0 Å². The summed E-state index contributed by atoms with van der Waals surface area (Å²) in [4.78, 5) is 23.8. The van der Waals surface area contributed by atoms with Gasteiger partial charge >= 0.3 is 0 Å². The quantitative estimate of drug-likeness (QED) is 0.720. The van der Waals surface area contributed by atoms with Crippen LogP contribution in [0, 0.1) is 0 Å². The molecule has 2 aromatic carbocycles. The molecule has 0 radical (unpaired) electrons. The lowest BCUT2D eigenvalue weighted by atomic mass is 10.1. The number of aromatic nitrogens is 2. The van der Waals surface area contributed by atoms with Crippen LogP contribution in [0.2, 0.25) is 0 Å². The number of fused-ring (bicyclic) bond motifs is 1. The maximum atomic E-state index is 12.6. The predicted molar refractivity (Wildman–Crippen MR) is 111 cm³/mol. The van der Waals surface area contributed by atoms with Crippen molar-refractivity contribution < 1.29 is 9.53 Å². The molecule has 3 aromatic rings. The molecule has 1 aliphatic rings. The lowest BCUT2D eigenvalue weighted by Crippen LogP contribution is -2.30. The minimum absolute atomic E-state index is 0.154. The van der Waals surface area contributed by atoms with E-state index in [0.717, 1.165) is 41.2 Å². The number of hydrogen-bond acceptors (Lipinski definition) is 5. The molecular formula is C22H24N4O2. The van der Waals surface area contributed by atoms with Crippen molar-refractivity contribution in [2.45, 2.75) is 26.2 Å². The molecule has 144 valence electrons. The number of rotatable bonds is 5. The Morgan fingerprint density at radius 1 is 1.07 bits per heavy atom. The molecule has 0 spiro atoms. The molecule has 6 heteroatoms. The zero-order chi connectivity index (χ0) is 19.3. The van der Waals surface area contributed by atoms with Crippen LogP contribution in [-0.4, -0.2) is 35.6 Å². The van der Waals surface area contributed by atoms with Crippen LogP contribution in [0.4, 0.5) is 11.5 Å². The normalized spacial score (nSPS) is 14.1. The number of anilines is 2. The van der Waals surface area contributed by atoms with Crippen molar-refractivity contribution in [1.82, 2.24) is 9.97 Å². The zero-order valence-corrected chi connectivity index (χ0v) is 16.0. The molecule has 1 aliphatic heterocycles. The molecule has 1 N–H and O–H groups in total. The highest BCUT2D eigenvalue weighted by Crippen LogP contribution is 2.28. The summed E-state index contributed by atoms with van der Waals surface area (Å²) in [5, 5.41) is 3.94. The van der Waals surface area contributed by atoms with E-state index in [0.29, 0.717) is 12.2 Å². The van der Waals surface area contributed by atoms with Crippen LogP contribution in [0.15, 0.2) is 48.8 Å². The average molecular weight is 376 g/mol. The Labute approximate surface area is 164 Å². The van der Waals surface area contributed by atoms with E-state index in [1.807, 2.05) is 25.1 Å². The van der Waals surface area contributed by atoms with Crippen LogP contribution >= 0.6 is 0 Å². The number of piperidine rings is 1. The number of ether oxygens (including phenoxy) is 1. The number of carbonyl (C=O) groups excluding carboxylic acids is 1. The first-order valence-electron chi connectivity index (χ1n) is 9.78. The summed E-state index contributed by atoms with van der Waals surface area (Å²) in [6, 6.07) is 12.9. The first-order chi connectivity index (χ1) is 13.7. The molecule has 0 atom stereocenters. The summed E-state index contributed by atoms with van der Waals surface area (Å²) < 4.78 is 5.43. The molecule has 0 bridgehead atoms. The third-order valence-electron chi connectivity index (χ3n) is 4.96. The fourth-order valence-electron chi connectivity index (χ4n) is 3.55. The molecular weight excluding hydrogens is 352 g/mol. The first kappa shape index (κ1) is 18.2. The van der Waals surface area contributed by atoms with E-state index in [-0.39, 0.29) is 5.91 Å². The van der Waals surface area contributed by atoms with Crippen LogP contribution in [0.1, 0.15) is 36.5 Å². The topological polar surface area (TPSA) is 67.3 Å². The largest absolute Gasteiger partial charge is 0.494 e. The van der Waals surface area contributed by atoms with Gasteiger partial charge in [-0.3, -0.25) is 4.79 Å². The third kappa shape index (κ3) is 3.91. The number of carbonyl (C=O) groups is 1. The van der Waals surface area contributed by atoms with Gasteiger partial charge in [-0.1, -0.05) is 0 Å². The fraction of sp³-hybridized carbons (Fsp3) is 0.318. The van der Waals surface area contributed by atoms with Gasteiger partial charge in [0.05, 0.1) is 12.1 Å². The number of amides is 1. The summed E-state index contributed by atoms with van der Waals surface area (Å²) in [5.41, 5.74) is 2.21. The van der Waals surface area contributed by atoms with Gasteiger partial charge in [0.15, 0.2) is 0 Å². The number of benzene rings is 2. The minimum Gasteiger partial charge on any atom is -0.494 e. The number of hydrogen-bond donors (Lipinski definition) is 1. The van der Waals surface area contributed by atoms with Gasteiger partial charge in [0, 0.05) is 29.7 Å². The fourth-order valence-corrected chi connectivity index (χ4v) is 3.55. The average Bonchev–Trinajstić information content (AvgIpc) is 2.74. The van der Waals surface area contributed by atoms with Gasteiger partial charge in [-0.15, -0.1) is 0 Å². The van der Waals surface area contributed by atoms with Crippen LogP contribution in [0.3, 0.4) is 0 Å². The van der Waals surface area contributed by atoms with Crippen LogP contribution in [0.25, 0.3) is 10.9 Å². The summed E-state index contributed by atoms with van der Waals surface area (Å²) in [7, 11) is 0. The van der Waals surface area contributed by atoms with Crippen molar-refractivity contribution in [3.05, 3.63) is 54.4 Å². The summed E-state index contributed by atoms with van der Waals surface area (Å²) in [5.74, 6) is 1.55. The van der Waals surface area contributed by atoms with Gasteiger partial charge in [-0.2, -0.15) is 0 Å². The predicted octanol–water partition coefficient (Wildman–Crippen LogP) is 4.27. The highest BCUT2D eigenvalue weighted by molar-refractivity contribution is 6.05. The number of nitrogens with zero attached hydrogens (tertiary/aromatic N) is 3. The molecule has 4 rings (SSSR count). The van der Waals surface area contributed by atoms with Crippen LogP contribution in [-0.2, 0) is 0 Å². The zero-order valence-electron chi connectivity index (χ0n) is 16.0. The summed E-state index contributed by atoms with van der Waals surface area (Å²) in [6.45, 7) is 4.55. The summed E-state index contributed by atoms with van der Waals surface area (Å²) in [6.07, 6.45) is 5.24. The Morgan fingerprint density at radius 2 is 1.86 bits per heavy atom. The van der Waals surface area contributed by atoms with Gasteiger partial charge in [0.1, 0.15) is 17.9 Å². The lowest BCUT2D eigenvalue weighted by molar-refractivity contribution is 0.102. The van der Waals surface area contributed by atoms with Crippen LogP contribution < -0.4 is 15.0 Å². The molecule has 1 fully saturated rings. The Balaban J connectivity index is 1.57. The molecule has 0 saturated carbocycles. The van der Waals surface area contributed by atoms with Gasteiger partial charge < -0.3 is 15.0 Å². The highest BCUT2D eigenvalue weighted by Gasteiger charge is 2.16. The maximum Gasteiger partial charge on any atom is 0.255 e. The van der Waals surface area contributed by atoms with Crippen molar-refractivity contribution in [2.75, 3.05) is 29.9 Å². The van der Waals surface area contributed by atoms with E-state index < -0.39 is 0 Å². The van der Waals surface area contributed by atoms with Crippen LogP contribution in [0.5, 0.6) is 5.75 Å². The second-order valence-electron chi connectivity index (χ2n) is 6.89. The molecule has 1 saturated heterocycles. The van der Waals surface area contributed by atoms with E-state index in [4.69, 9.17) is 4.74 Å². The second kappa shape index (κ2) is 8.25. The Morgan fingerprint density at radius 3 is 2.61 bits per heavy atom. The Hall–Kier alpha value is -3.15. The highest BCUT2D eigenvalue weighted by atomic mass is 16.5. The smallest absolute Gasteiger partial charge is 0.255 e. The molecule has 1 aromatic heterocycles. The Bertz CT molecular complexity index is 966. The Kier molecular flexibility index (Phi) is 5.37. The van der Waals surface area contributed by atoms with Crippen molar-refractivity contribution in [3.63, 3.8) is 0 Å². The molecule has 2 heterocycles. The molecule has 6 nitrogen and oxygen atoms in total. The van der Waals surface area contributed by atoms with E-state index in [1.165, 1.54) is 19.3 Å². The van der Waals surface area contributed by atoms with Crippen molar-refractivity contribution in [3.8, 4) is 5.75 Å². The molecule has 28 heavy (non-hydrogen) atoms. The summed E-state index contributed by atoms with van der Waals surface area (Å²) >= 11 is 0. The second-order valence-corrected chi connectivity index (χ2v) is 6.89. The van der Waals surface area contributed by atoms with E-state index in [9.17, 15) is 4.79 Å². The molecule has 0 unspecified atom stereocenters. The standard InChI is InChI=1S/C22H24N4O2/c1-2-28-18-9-6-16(7-10-18)22(27)25-17-8-11-20-19(14-17)21(24-15-23-20)26-12-4-3-5-13-26/h6-11,14-15H,2-5,12-13H2,1H3,(H,25,27). The third-order valence-corrected chi connectivity index (χ3v) is 4.96. The lowest BCUT2D eigenvalue weighted by Gasteiger charge is -2.28. The van der Waals surface area contributed by atoms with E-state index in [2.05, 4.69) is 20.2 Å². The minimum atomic E-state index is -0.154. The van der Waals surface area contributed by atoms with E-state index >= 15 is 0 Å². The van der Waals surface area contributed by atoms with Gasteiger partial charge in [-0.25, -0.2) is 9.97 Å². The maximum absolute atomic E-state index is 12.6.